The Hall–Kier alpha value is -3.48. The van der Waals surface area contributed by atoms with Crippen molar-refractivity contribution in [3.63, 3.8) is 0 Å². The Morgan fingerprint density at radius 3 is 2.24 bits per heavy atom. The zero-order valence-electron chi connectivity index (χ0n) is 19.3. The molecule has 2 heterocycles. The van der Waals surface area contributed by atoms with Crippen molar-refractivity contribution < 1.29 is 9.47 Å². The largest absolute Gasteiger partial charge is 0.494 e. The van der Waals surface area contributed by atoms with E-state index in [1.165, 1.54) is 5.56 Å². The molecule has 3 aromatic carbocycles. The van der Waals surface area contributed by atoms with Crippen molar-refractivity contribution in [3.8, 4) is 28.3 Å². The van der Waals surface area contributed by atoms with Crippen LogP contribution in [0.15, 0.2) is 84.9 Å². The average molecular weight is 455 g/mol. The second-order valence-electron chi connectivity index (χ2n) is 8.48. The van der Waals surface area contributed by atoms with Gasteiger partial charge in [0.25, 0.3) is 0 Å². The summed E-state index contributed by atoms with van der Waals surface area (Å²) < 4.78 is 13.4. The summed E-state index contributed by atoms with van der Waals surface area (Å²) in [4.78, 5) is 2.43. The normalized spacial score (nSPS) is 14.2. The summed E-state index contributed by atoms with van der Waals surface area (Å²) in [6, 6.07) is 28.9. The van der Waals surface area contributed by atoms with Gasteiger partial charge in [0.05, 0.1) is 32.1 Å². The molecule has 0 bridgehead atoms. The van der Waals surface area contributed by atoms with Crippen LogP contribution in [0.1, 0.15) is 12.0 Å². The molecule has 1 aliphatic heterocycles. The number of aromatic nitrogens is 3. The minimum atomic E-state index is 0.662. The third-order valence-corrected chi connectivity index (χ3v) is 6.08. The molecular weight excluding hydrogens is 424 g/mol. The molecule has 0 saturated carbocycles. The van der Waals surface area contributed by atoms with Crippen LogP contribution in [0.4, 0.5) is 0 Å². The lowest BCUT2D eigenvalue weighted by Gasteiger charge is -2.26. The summed E-state index contributed by atoms with van der Waals surface area (Å²) in [5.74, 6) is 0.883. The first-order chi connectivity index (χ1) is 16.9. The average Bonchev–Trinajstić information content (AvgIpc) is 3.32. The second-order valence-corrected chi connectivity index (χ2v) is 8.48. The highest BCUT2D eigenvalue weighted by Gasteiger charge is 2.17. The van der Waals surface area contributed by atoms with E-state index in [2.05, 4.69) is 63.7 Å². The maximum Gasteiger partial charge on any atom is 0.121 e. The minimum Gasteiger partial charge on any atom is -0.494 e. The molecule has 5 rings (SSSR count). The van der Waals surface area contributed by atoms with E-state index < -0.39 is 0 Å². The summed E-state index contributed by atoms with van der Waals surface area (Å²) >= 11 is 0. The third-order valence-electron chi connectivity index (χ3n) is 6.08. The molecule has 34 heavy (non-hydrogen) atoms. The smallest absolute Gasteiger partial charge is 0.121 e. The number of nitrogens with zero attached hydrogens (tertiary/aromatic N) is 4. The van der Waals surface area contributed by atoms with Gasteiger partial charge in [-0.15, -0.1) is 5.10 Å². The number of hydrogen-bond acceptors (Lipinski definition) is 5. The zero-order chi connectivity index (χ0) is 23.0. The van der Waals surface area contributed by atoms with Gasteiger partial charge in [-0.05, 0) is 36.2 Å². The molecule has 1 aliphatic rings. The molecule has 6 nitrogen and oxygen atoms in total. The fraction of sp³-hybridized carbons (Fsp3) is 0.286. The summed E-state index contributed by atoms with van der Waals surface area (Å²) in [5.41, 5.74) is 5.21. The monoisotopic (exact) mass is 454 g/mol. The van der Waals surface area contributed by atoms with Crippen LogP contribution < -0.4 is 4.74 Å². The van der Waals surface area contributed by atoms with Crippen molar-refractivity contribution in [2.24, 2.45) is 0 Å². The molecular formula is C28H30N4O2. The van der Waals surface area contributed by atoms with Crippen LogP contribution in [0, 0.1) is 0 Å². The molecule has 0 radical (unpaired) electrons. The maximum absolute atomic E-state index is 6.01. The Morgan fingerprint density at radius 1 is 0.794 bits per heavy atom. The van der Waals surface area contributed by atoms with Gasteiger partial charge < -0.3 is 9.47 Å². The van der Waals surface area contributed by atoms with Crippen LogP contribution in [-0.4, -0.2) is 59.3 Å². The fourth-order valence-electron chi connectivity index (χ4n) is 4.27. The van der Waals surface area contributed by atoms with E-state index in [1.807, 2.05) is 41.1 Å². The second kappa shape index (κ2) is 11.1. The van der Waals surface area contributed by atoms with Crippen molar-refractivity contribution in [2.45, 2.75) is 13.0 Å². The van der Waals surface area contributed by atoms with E-state index in [4.69, 9.17) is 9.47 Å². The molecule has 0 spiro atoms. The molecule has 0 atom stereocenters. The quantitative estimate of drug-likeness (QED) is 0.341. The predicted molar refractivity (Wildman–Crippen MR) is 134 cm³/mol. The van der Waals surface area contributed by atoms with E-state index >= 15 is 0 Å². The van der Waals surface area contributed by atoms with Crippen LogP contribution >= 0.6 is 0 Å². The highest BCUT2D eigenvalue weighted by Crippen LogP contribution is 2.31. The van der Waals surface area contributed by atoms with Crippen LogP contribution in [0.2, 0.25) is 0 Å². The van der Waals surface area contributed by atoms with E-state index in [0.29, 0.717) is 13.2 Å². The van der Waals surface area contributed by atoms with Gasteiger partial charge in [0.2, 0.25) is 0 Å². The Bertz CT molecular complexity index is 1150. The first kappa shape index (κ1) is 22.3. The Morgan fingerprint density at radius 2 is 1.50 bits per heavy atom. The van der Waals surface area contributed by atoms with Crippen LogP contribution in [0.25, 0.3) is 22.5 Å². The number of hydrogen-bond donors (Lipinski definition) is 0. The predicted octanol–water partition coefficient (Wildman–Crippen LogP) is 4.76. The van der Waals surface area contributed by atoms with Gasteiger partial charge >= 0.3 is 0 Å². The lowest BCUT2D eigenvalue weighted by atomic mass is 10.0. The van der Waals surface area contributed by atoms with Crippen LogP contribution in [0.5, 0.6) is 5.75 Å². The highest BCUT2D eigenvalue weighted by atomic mass is 16.5. The van der Waals surface area contributed by atoms with Gasteiger partial charge in [-0.25, -0.2) is 4.68 Å². The summed E-state index contributed by atoms with van der Waals surface area (Å²) in [7, 11) is 0. The maximum atomic E-state index is 6.01. The van der Waals surface area contributed by atoms with Gasteiger partial charge in [0, 0.05) is 30.8 Å². The van der Waals surface area contributed by atoms with Crippen molar-refractivity contribution in [1.29, 1.82) is 0 Å². The van der Waals surface area contributed by atoms with E-state index in [9.17, 15) is 0 Å². The molecule has 1 saturated heterocycles. The van der Waals surface area contributed by atoms with Crippen molar-refractivity contribution >= 4 is 0 Å². The van der Waals surface area contributed by atoms with Crippen LogP contribution in [0.3, 0.4) is 0 Å². The SMILES string of the molecule is c1ccc(Cn2nnc(-c3ccccc3)c2-c2ccc(OCCCN3CCOCC3)cc2)cc1. The Kier molecular flexibility index (Phi) is 7.28. The molecule has 0 amide bonds. The van der Waals surface area contributed by atoms with E-state index in [0.717, 1.165) is 67.5 Å². The molecule has 1 fully saturated rings. The molecule has 6 heteroatoms. The van der Waals surface area contributed by atoms with Crippen molar-refractivity contribution in [2.75, 3.05) is 39.5 Å². The number of ether oxygens (including phenoxy) is 2. The lowest BCUT2D eigenvalue weighted by Crippen LogP contribution is -2.37. The van der Waals surface area contributed by atoms with Gasteiger partial charge in [0.15, 0.2) is 0 Å². The van der Waals surface area contributed by atoms with Gasteiger partial charge in [0.1, 0.15) is 11.4 Å². The number of benzene rings is 3. The summed E-state index contributed by atoms with van der Waals surface area (Å²) in [5, 5.41) is 9.07. The molecule has 0 aliphatic carbocycles. The zero-order valence-corrected chi connectivity index (χ0v) is 19.3. The summed E-state index contributed by atoms with van der Waals surface area (Å²) in [6.07, 6.45) is 1.01. The van der Waals surface area contributed by atoms with Crippen molar-refractivity contribution in [3.05, 3.63) is 90.5 Å². The number of morpholine rings is 1. The van der Waals surface area contributed by atoms with Crippen molar-refractivity contribution in [1.82, 2.24) is 19.9 Å². The van der Waals surface area contributed by atoms with Gasteiger partial charge in [-0.1, -0.05) is 65.9 Å². The highest BCUT2D eigenvalue weighted by molar-refractivity contribution is 5.78. The number of rotatable bonds is 9. The first-order valence-corrected chi connectivity index (χ1v) is 11.9. The van der Waals surface area contributed by atoms with Crippen LogP contribution in [-0.2, 0) is 11.3 Å². The molecule has 1 aromatic heterocycles. The van der Waals surface area contributed by atoms with E-state index in [-0.39, 0.29) is 0 Å². The van der Waals surface area contributed by atoms with Gasteiger partial charge in [-0.2, -0.15) is 0 Å². The standard InChI is InChI=1S/C28H30N4O2/c1-3-8-23(9-4-1)22-32-28(27(29-30-32)24-10-5-2-6-11-24)25-12-14-26(15-13-25)34-19-7-16-31-17-20-33-21-18-31/h1-6,8-15H,7,16-22H2. The lowest BCUT2D eigenvalue weighted by molar-refractivity contribution is 0.0358. The van der Waals surface area contributed by atoms with Gasteiger partial charge in [-0.3, -0.25) is 4.90 Å². The Balaban J connectivity index is 1.31. The Labute approximate surface area is 200 Å². The van der Waals surface area contributed by atoms with E-state index in [1.54, 1.807) is 0 Å². The molecule has 0 N–H and O–H groups in total. The summed E-state index contributed by atoms with van der Waals surface area (Å²) in [6.45, 7) is 6.12. The fourth-order valence-corrected chi connectivity index (χ4v) is 4.27. The first-order valence-electron chi connectivity index (χ1n) is 11.9. The molecule has 174 valence electrons. The molecule has 4 aromatic rings. The minimum absolute atomic E-state index is 0.662. The topological polar surface area (TPSA) is 52.4 Å². The molecule has 0 unspecified atom stereocenters. The third kappa shape index (κ3) is 5.53.